The lowest BCUT2D eigenvalue weighted by atomic mass is 10.1. The van der Waals surface area contributed by atoms with Crippen molar-refractivity contribution in [1.82, 2.24) is 4.31 Å². The van der Waals surface area contributed by atoms with Crippen molar-refractivity contribution in [2.75, 3.05) is 13.1 Å². The van der Waals surface area contributed by atoms with E-state index in [1.807, 2.05) is 0 Å². The summed E-state index contributed by atoms with van der Waals surface area (Å²) in [5.74, 6) is -0.0503. The zero-order valence-corrected chi connectivity index (χ0v) is 15.8. The van der Waals surface area contributed by atoms with Gasteiger partial charge < -0.3 is 4.74 Å². The number of carbonyl (C=O) groups is 1. The Morgan fingerprint density at radius 1 is 1.04 bits per heavy atom. The Kier molecular flexibility index (Phi) is 5.96. The van der Waals surface area contributed by atoms with Crippen LogP contribution in [0.3, 0.4) is 0 Å². The van der Waals surface area contributed by atoms with E-state index in [0.717, 1.165) is 19.3 Å². The maximum Gasteiger partial charge on any atom is 0.315 e. The molecule has 0 amide bonds. The lowest BCUT2D eigenvalue weighted by Crippen LogP contribution is -2.35. The number of nitrogens with zero attached hydrogens (tertiary/aromatic N) is 1. The smallest absolute Gasteiger partial charge is 0.315 e. The number of ether oxygens (including phenoxy) is 1. The Balaban J connectivity index is 1.64. The Bertz CT molecular complexity index is 875. The number of hydrogen-bond donors (Lipinski definition) is 0. The van der Waals surface area contributed by atoms with E-state index in [-0.39, 0.29) is 11.3 Å². The van der Waals surface area contributed by atoms with Crippen molar-refractivity contribution < 1.29 is 17.9 Å². The van der Waals surface area contributed by atoms with E-state index in [1.165, 1.54) is 4.31 Å². The van der Waals surface area contributed by atoms with E-state index in [0.29, 0.717) is 29.4 Å². The van der Waals surface area contributed by atoms with Crippen molar-refractivity contribution in [2.45, 2.75) is 30.6 Å². The molecule has 0 spiro atoms. The molecule has 0 atom stereocenters. The van der Waals surface area contributed by atoms with Gasteiger partial charge in [0, 0.05) is 18.1 Å². The molecule has 1 aliphatic rings. The van der Waals surface area contributed by atoms with Gasteiger partial charge in [-0.2, -0.15) is 4.31 Å². The number of hydrogen-bond acceptors (Lipinski definition) is 4. The second-order valence-corrected chi connectivity index (χ2v) is 8.59. The van der Waals surface area contributed by atoms with Gasteiger partial charge in [-0.25, -0.2) is 8.42 Å². The first-order valence-corrected chi connectivity index (χ1v) is 10.3. The molecule has 1 fully saturated rings. The van der Waals surface area contributed by atoms with Gasteiger partial charge in [-0.05, 0) is 48.7 Å². The number of esters is 1. The van der Waals surface area contributed by atoms with Gasteiger partial charge in [0.05, 0.1) is 11.3 Å². The molecular weight excluding hydrogens is 374 g/mol. The maximum atomic E-state index is 12.6. The van der Waals surface area contributed by atoms with Crippen LogP contribution in [0.25, 0.3) is 0 Å². The third kappa shape index (κ3) is 4.63. The Morgan fingerprint density at radius 3 is 2.38 bits per heavy atom. The van der Waals surface area contributed by atoms with Gasteiger partial charge in [0.2, 0.25) is 10.0 Å². The number of benzene rings is 2. The molecule has 0 aromatic heterocycles. The number of rotatable bonds is 5. The summed E-state index contributed by atoms with van der Waals surface area (Å²) in [7, 11) is -3.46. The molecule has 1 saturated heterocycles. The van der Waals surface area contributed by atoms with E-state index in [2.05, 4.69) is 0 Å². The summed E-state index contributed by atoms with van der Waals surface area (Å²) >= 11 is 5.86. The highest BCUT2D eigenvalue weighted by Gasteiger charge is 2.25. The average molecular weight is 394 g/mol. The van der Waals surface area contributed by atoms with Gasteiger partial charge in [0.1, 0.15) is 5.75 Å². The van der Waals surface area contributed by atoms with E-state index in [4.69, 9.17) is 16.3 Å². The predicted molar refractivity (Wildman–Crippen MR) is 99.8 cm³/mol. The van der Waals surface area contributed by atoms with Crippen molar-refractivity contribution >= 4 is 27.6 Å². The van der Waals surface area contributed by atoms with Gasteiger partial charge in [0.25, 0.3) is 0 Å². The van der Waals surface area contributed by atoms with Crippen molar-refractivity contribution in [1.29, 1.82) is 0 Å². The standard InChI is InChI=1S/C19H20ClNO4S/c20-16-5-4-6-17(14-16)25-19(22)13-15-7-9-18(10-8-15)26(23,24)21-11-2-1-3-12-21/h4-10,14H,1-3,11-13H2. The summed E-state index contributed by atoms with van der Waals surface area (Å²) in [6.45, 7) is 1.13. The summed E-state index contributed by atoms with van der Waals surface area (Å²) in [5, 5.41) is 0.488. The molecule has 2 aromatic rings. The highest BCUT2D eigenvalue weighted by molar-refractivity contribution is 7.89. The fourth-order valence-electron chi connectivity index (χ4n) is 2.90. The molecule has 0 saturated carbocycles. The second-order valence-electron chi connectivity index (χ2n) is 6.22. The Hall–Kier alpha value is -1.89. The third-order valence-electron chi connectivity index (χ3n) is 4.25. The van der Waals surface area contributed by atoms with Crippen LogP contribution in [0.5, 0.6) is 5.75 Å². The molecule has 2 aromatic carbocycles. The maximum absolute atomic E-state index is 12.6. The molecule has 0 bridgehead atoms. The third-order valence-corrected chi connectivity index (χ3v) is 6.40. The zero-order chi connectivity index (χ0) is 18.6. The van der Waals surface area contributed by atoms with Crippen LogP contribution in [-0.4, -0.2) is 31.8 Å². The topological polar surface area (TPSA) is 63.7 Å². The first-order chi connectivity index (χ1) is 12.4. The van der Waals surface area contributed by atoms with Crippen LogP contribution in [0.1, 0.15) is 24.8 Å². The fraction of sp³-hybridized carbons (Fsp3) is 0.316. The number of carbonyl (C=O) groups excluding carboxylic acids is 1. The monoisotopic (exact) mass is 393 g/mol. The molecule has 0 N–H and O–H groups in total. The summed E-state index contributed by atoms with van der Waals surface area (Å²) in [6, 6.07) is 13.0. The molecule has 26 heavy (non-hydrogen) atoms. The quantitative estimate of drug-likeness (QED) is 0.574. The van der Waals surface area contributed by atoms with E-state index >= 15 is 0 Å². The van der Waals surface area contributed by atoms with Crippen molar-refractivity contribution in [2.24, 2.45) is 0 Å². The average Bonchev–Trinajstić information content (AvgIpc) is 2.63. The Morgan fingerprint density at radius 2 is 1.73 bits per heavy atom. The molecule has 1 heterocycles. The number of halogens is 1. The van der Waals surface area contributed by atoms with Crippen LogP contribution in [-0.2, 0) is 21.2 Å². The first kappa shape index (κ1) is 18.9. The van der Waals surface area contributed by atoms with Crippen LogP contribution in [0.4, 0.5) is 0 Å². The molecule has 5 nitrogen and oxygen atoms in total. The van der Waals surface area contributed by atoms with Gasteiger partial charge >= 0.3 is 5.97 Å². The van der Waals surface area contributed by atoms with E-state index in [1.54, 1.807) is 48.5 Å². The molecule has 7 heteroatoms. The molecule has 1 aliphatic heterocycles. The molecular formula is C19H20ClNO4S. The first-order valence-electron chi connectivity index (χ1n) is 8.50. The molecule has 0 aliphatic carbocycles. The molecule has 0 radical (unpaired) electrons. The van der Waals surface area contributed by atoms with Gasteiger partial charge in [-0.3, -0.25) is 4.79 Å². The van der Waals surface area contributed by atoms with E-state index < -0.39 is 16.0 Å². The predicted octanol–water partition coefficient (Wildman–Crippen LogP) is 3.66. The minimum absolute atomic E-state index is 0.0521. The van der Waals surface area contributed by atoms with Crippen LogP contribution < -0.4 is 4.74 Å². The van der Waals surface area contributed by atoms with Crippen LogP contribution in [0, 0.1) is 0 Å². The second kappa shape index (κ2) is 8.20. The number of piperidine rings is 1. The number of sulfonamides is 1. The lowest BCUT2D eigenvalue weighted by molar-refractivity contribution is -0.133. The van der Waals surface area contributed by atoms with Gasteiger partial charge in [-0.1, -0.05) is 36.2 Å². The molecule has 3 rings (SSSR count). The van der Waals surface area contributed by atoms with Gasteiger partial charge in [-0.15, -0.1) is 0 Å². The van der Waals surface area contributed by atoms with Crippen LogP contribution in [0.15, 0.2) is 53.4 Å². The SMILES string of the molecule is O=C(Cc1ccc(S(=O)(=O)N2CCCCC2)cc1)Oc1cccc(Cl)c1. The zero-order valence-electron chi connectivity index (χ0n) is 14.2. The normalized spacial score (nSPS) is 15.6. The lowest BCUT2D eigenvalue weighted by Gasteiger charge is -2.25. The van der Waals surface area contributed by atoms with Crippen molar-refractivity contribution in [3.8, 4) is 5.75 Å². The summed E-state index contributed by atoms with van der Waals surface area (Å²) in [4.78, 5) is 12.3. The van der Waals surface area contributed by atoms with Gasteiger partial charge in [0.15, 0.2) is 0 Å². The molecule has 138 valence electrons. The minimum Gasteiger partial charge on any atom is -0.426 e. The summed E-state index contributed by atoms with van der Waals surface area (Å²) in [6.07, 6.45) is 2.91. The largest absolute Gasteiger partial charge is 0.426 e. The molecule has 0 unspecified atom stereocenters. The summed E-state index contributed by atoms with van der Waals surface area (Å²) < 4.78 is 32.0. The van der Waals surface area contributed by atoms with Crippen LogP contribution >= 0.6 is 11.6 Å². The fourth-order valence-corrected chi connectivity index (χ4v) is 4.60. The van der Waals surface area contributed by atoms with E-state index in [9.17, 15) is 13.2 Å². The summed E-state index contributed by atoms with van der Waals surface area (Å²) in [5.41, 5.74) is 0.689. The highest BCUT2D eigenvalue weighted by atomic mass is 35.5. The van der Waals surface area contributed by atoms with Crippen LogP contribution in [0.2, 0.25) is 5.02 Å². The van der Waals surface area contributed by atoms with Crippen molar-refractivity contribution in [3.63, 3.8) is 0 Å². The Labute approximate surface area is 158 Å². The van der Waals surface area contributed by atoms with Crippen molar-refractivity contribution in [3.05, 3.63) is 59.1 Å². The highest BCUT2D eigenvalue weighted by Crippen LogP contribution is 2.21. The minimum atomic E-state index is -3.46.